The molecule has 0 saturated carbocycles. The second-order valence-electron chi connectivity index (χ2n) is 14.0. The van der Waals surface area contributed by atoms with Crippen molar-refractivity contribution in [3.63, 3.8) is 0 Å². The molecule has 0 bridgehead atoms. The van der Waals surface area contributed by atoms with Crippen LogP contribution in [0.15, 0.2) is 162 Å². The molecular formula is C49H40N2O. The number of furan rings is 1. The molecule has 0 saturated heterocycles. The van der Waals surface area contributed by atoms with Crippen molar-refractivity contribution < 1.29 is 7.16 Å². The Morgan fingerprint density at radius 1 is 0.519 bits per heavy atom. The summed E-state index contributed by atoms with van der Waals surface area (Å²) >= 11 is 0. The lowest BCUT2D eigenvalue weighted by molar-refractivity contribution is 0.669. The number of fused-ring (bicyclic) bond motifs is 4. The van der Waals surface area contributed by atoms with Gasteiger partial charge in [0.1, 0.15) is 17.0 Å². The highest BCUT2D eigenvalue weighted by atomic mass is 16.3. The van der Waals surface area contributed by atoms with Crippen molar-refractivity contribution in [3.8, 4) is 50.5 Å². The third-order valence-corrected chi connectivity index (χ3v) is 10.1. The van der Waals surface area contributed by atoms with Gasteiger partial charge >= 0.3 is 0 Å². The first-order valence-electron chi connectivity index (χ1n) is 18.9. The maximum absolute atomic E-state index is 9.59. The second-order valence-corrected chi connectivity index (χ2v) is 14.0. The molecular weight excluding hydrogens is 633 g/mol. The Balaban J connectivity index is 1.29. The molecule has 0 unspecified atom stereocenters. The van der Waals surface area contributed by atoms with Crippen LogP contribution in [0.5, 0.6) is 0 Å². The number of imidazole rings is 1. The standard InChI is InChI=1S/C49H40N2O/c1-31(2)42-28-38(36-24-22-35(23-25-36)33-14-7-5-8-15-33)29-43(32(3)4)47(42)51-45-21-12-11-20-44(45)50-49(51)41-19-13-18-40-39-27-26-37(30-46(39)52-48(40)41)34-16-9-6-10-17-34/h5-32H,1-4H3/i31D,32D. The summed E-state index contributed by atoms with van der Waals surface area (Å²) in [5.41, 5.74) is 13.1. The summed E-state index contributed by atoms with van der Waals surface area (Å²) in [5, 5.41) is 2.05. The lowest BCUT2D eigenvalue weighted by Crippen LogP contribution is -2.09. The largest absolute Gasteiger partial charge is 0.455 e. The zero-order valence-corrected chi connectivity index (χ0v) is 29.8. The topological polar surface area (TPSA) is 31.0 Å². The van der Waals surface area contributed by atoms with Crippen molar-refractivity contribution in [1.29, 1.82) is 0 Å². The summed E-state index contributed by atoms with van der Waals surface area (Å²) in [4.78, 5) is 5.29. The number of para-hydroxylation sites is 3. The number of rotatable bonds is 7. The van der Waals surface area contributed by atoms with Crippen LogP contribution in [0.2, 0.25) is 0 Å². The van der Waals surface area contributed by atoms with Crippen molar-refractivity contribution >= 4 is 33.0 Å². The molecule has 0 fully saturated rings. The molecule has 0 radical (unpaired) electrons. The zero-order valence-electron chi connectivity index (χ0n) is 31.8. The van der Waals surface area contributed by atoms with Gasteiger partial charge in [-0.15, -0.1) is 0 Å². The number of hydrogen-bond acceptors (Lipinski definition) is 2. The highest BCUT2D eigenvalue weighted by Crippen LogP contribution is 2.43. The Morgan fingerprint density at radius 3 is 1.73 bits per heavy atom. The van der Waals surface area contributed by atoms with E-state index >= 15 is 0 Å². The molecule has 252 valence electrons. The van der Waals surface area contributed by atoms with Crippen molar-refractivity contribution in [1.82, 2.24) is 9.55 Å². The monoisotopic (exact) mass is 674 g/mol. The van der Waals surface area contributed by atoms with Gasteiger partial charge in [0.15, 0.2) is 0 Å². The molecule has 3 heteroatoms. The van der Waals surface area contributed by atoms with Crippen LogP contribution in [0.1, 0.15) is 53.4 Å². The molecule has 2 heterocycles. The molecule has 0 amide bonds. The van der Waals surface area contributed by atoms with Crippen molar-refractivity contribution in [2.24, 2.45) is 0 Å². The molecule has 0 atom stereocenters. The number of benzene rings is 7. The highest BCUT2D eigenvalue weighted by molar-refractivity contribution is 6.10. The summed E-state index contributed by atoms with van der Waals surface area (Å²) in [6.07, 6.45) is 0. The fourth-order valence-electron chi connectivity index (χ4n) is 7.51. The molecule has 9 rings (SSSR count). The van der Waals surface area contributed by atoms with Crippen LogP contribution in [-0.2, 0) is 0 Å². The maximum atomic E-state index is 9.59. The van der Waals surface area contributed by atoms with E-state index in [1.165, 1.54) is 0 Å². The summed E-state index contributed by atoms with van der Waals surface area (Å²) < 4.78 is 28.1. The molecule has 3 nitrogen and oxygen atoms in total. The van der Waals surface area contributed by atoms with E-state index in [2.05, 4.69) is 120 Å². The van der Waals surface area contributed by atoms with E-state index in [0.29, 0.717) is 5.82 Å². The minimum absolute atomic E-state index is 0.708. The molecule has 0 aliphatic rings. The summed E-state index contributed by atoms with van der Waals surface area (Å²) in [6.45, 7) is 7.71. The molecule has 0 N–H and O–H groups in total. The van der Waals surface area contributed by atoms with E-state index < -0.39 is 11.8 Å². The molecule has 0 aliphatic carbocycles. The van der Waals surface area contributed by atoms with Crippen LogP contribution >= 0.6 is 0 Å². The van der Waals surface area contributed by atoms with Gasteiger partial charge in [0.25, 0.3) is 0 Å². The average molecular weight is 675 g/mol. The summed E-state index contributed by atoms with van der Waals surface area (Å²) in [7, 11) is 0. The molecule has 0 aliphatic heterocycles. The first-order chi connectivity index (χ1) is 26.0. The SMILES string of the molecule is [2H]C(C)(C)c1cc(-c2ccc(-c3ccccc3)cc2)cc(C([2H])(C)C)c1-n1c(-c2cccc3c2oc2cc(-c4ccccc4)ccc23)nc2ccccc21. The van der Waals surface area contributed by atoms with Gasteiger partial charge in [0, 0.05) is 13.5 Å². The Bertz CT molecular complexity index is 2780. The first-order valence-corrected chi connectivity index (χ1v) is 17.9. The quantitative estimate of drug-likeness (QED) is 0.168. The van der Waals surface area contributed by atoms with Gasteiger partial charge in [-0.2, -0.15) is 0 Å². The summed E-state index contributed by atoms with van der Waals surface area (Å²) in [5.74, 6) is -1.32. The van der Waals surface area contributed by atoms with E-state index in [-0.39, 0.29) is 0 Å². The Morgan fingerprint density at radius 2 is 1.08 bits per heavy atom. The highest BCUT2D eigenvalue weighted by Gasteiger charge is 2.25. The predicted octanol–water partition coefficient (Wildman–Crippen LogP) is 13.8. The van der Waals surface area contributed by atoms with Gasteiger partial charge in [0.05, 0.1) is 22.3 Å². The Kier molecular flexibility index (Phi) is 7.30. The second kappa shape index (κ2) is 12.9. The third-order valence-electron chi connectivity index (χ3n) is 10.1. The van der Waals surface area contributed by atoms with Gasteiger partial charge in [-0.3, -0.25) is 4.57 Å². The third kappa shape index (κ3) is 5.41. The van der Waals surface area contributed by atoms with E-state index in [0.717, 1.165) is 88.7 Å². The number of nitrogens with zero attached hydrogens (tertiary/aromatic N) is 2. The Hall–Kier alpha value is -6.19. The van der Waals surface area contributed by atoms with Gasteiger partial charge in [-0.1, -0.05) is 143 Å². The molecule has 2 aromatic heterocycles. The Labute approximate surface area is 307 Å². The summed E-state index contributed by atoms with van der Waals surface area (Å²) in [6, 6.07) is 54.3. The van der Waals surface area contributed by atoms with Crippen LogP contribution in [0.4, 0.5) is 0 Å². The molecule has 0 spiro atoms. The maximum Gasteiger partial charge on any atom is 0.149 e. The average Bonchev–Trinajstić information content (AvgIpc) is 3.76. The lowest BCUT2D eigenvalue weighted by Gasteiger charge is -2.24. The first kappa shape index (κ1) is 29.5. The van der Waals surface area contributed by atoms with Crippen molar-refractivity contribution in [3.05, 3.63) is 169 Å². The molecule has 7 aromatic carbocycles. The van der Waals surface area contributed by atoms with E-state index in [9.17, 15) is 2.74 Å². The molecule has 9 aromatic rings. The minimum Gasteiger partial charge on any atom is -0.455 e. The van der Waals surface area contributed by atoms with E-state index in [1.807, 2.05) is 70.2 Å². The predicted molar refractivity (Wildman–Crippen MR) is 218 cm³/mol. The van der Waals surface area contributed by atoms with E-state index in [4.69, 9.17) is 9.40 Å². The van der Waals surface area contributed by atoms with Gasteiger partial charge in [-0.25, -0.2) is 4.98 Å². The van der Waals surface area contributed by atoms with Crippen LogP contribution in [0, 0.1) is 0 Å². The van der Waals surface area contributed by atoms with Gasteiger partial charge in [-0.05, 0) is 98.8 Å². The van der Waals surface area contributed by atoms with Gasteiger partial charge in [0.2, 0.25) is 0 Å². The normalized spacial score (nSPS) is 12.8. The lowest BCUT2D eigenvalue weighted by atomic mass is 9.87. The number of aromatic nitrogens is 2. The van der Waals surface area contributed by atoms with Crippen LogP contribution in [0.3, 0.4) is 0 Å². The number of hydrogen-bond donors (Lipinski definition) is 0. The van der Waals surface area contributed by atoms with E-state index in [1.54, 1.807) is 0 Å². The van der Waals surface area contributed by atoms with Crippen LogP contribution in [-0.4, -0.2) is 9.55 Å². The molecule has 52 heavy (non-hydrogen) atoms. The van der Waals surface area contributed by atoms with Crippen LogP contribution in [0.25, 0.3) is 83.4 Å². The fourth-order valence-corrected chi connectivity index (χ4v) is 7.51. The van der Waals surface area contributed by atoms with Crippen LogP contribution < -0.4 is 0 Å². The minimum atomic E-state index is -1.02. The fraction of sp³-hybridized carbons (Fsp3) is 0.122. The van der Waals surface area contributed by atoms with Gasteiger partial charge < -0.3 is 4.42 Å². The zero-order chi connectivity index (χ0) is 37.2. The van der Waals surface area contributed by atoms with Crippen molar-refractivity contribution in [2.45, 2.75) is 39.5 Å². The smallest absolute Gasteiger partial charge is 0.149 e. The van der Waals surface area contributed by atoms with Crippen molar-refractivity contribution in [2.75, 3.05) is 0 Å².